The number of fused-ring (bicyclic) bond motifs is 2. The molecule has 0 atom stereocenters. The zero-order chi connectivity index (χ0) is 26.4. The molecule has 0 fully saturated rings. The molecule has 0 unspecified atom stereocenters. The number of esters is 1. The van der Waals surface area contributed by atoms with Crippen LogP contribution in [0.25, 0.3) is 10.8 Å². The third-order valence-corrected chi connectivity index (χ3v) is 6.49. The second-order valence-corrected chi connectivity index (χ2v) is 9.67. The van der Waals surface area contributed by atoms with Crippen LogP contribution < -0.4 is 14.4 Å². The minimum atomic E-state index is -0.261. The lowest BCUT2D eigenvalue weighted by molar-refractivity contribution is -0.142. The quantitative estimate of drug-likeness (QED) is 0.200. The Morgan fingerprint density at radius 2 is 1.65 bits per heavy atom. The van der Waals surface area contributed by atoms with Gasteiger partial charge in [-0.25, -0.2) is 0 Å². The zero-order valence-corrected chi connectivity index (χ0v) is 22.3. The first-order valence-electron chi connectivity index (χ1n) is 13.4. The molecule has 0 radical (unpaired) electrons. The number of carbonyl (C=O) groups is 2. The van der Waals surface area contributed by atoms with Crippen LogP contribution in [0.4, 0.5) is 5.69 Å². The molecule has 0 N–H and O–H groups in total. The Morgan fingerprint density at radius 1 is 0.946 bits per heavy atom. The summed E-state index contributed by atoms with van der Waals surface area (Å²) in [6.45, 7) is 9.29. The summed E-state index contributed by atoms with van der Waals surface area (Å²) in [5, 5.41) is 1.85. The molecule has 1 aliphatic heterocycles. The molecule has 1 heterocycles. The average Bonchev–Trinajstić information content (AvgIpc) is 3.22. The van der Waals surface area contributed by atoms with Gasteiger partial charge < -0.3 is 19.1 Å². The highest BCUT2D eigenvalue weighted by Crippen LogP contribution is 2.46. The molecule has 0 aliphatic carbocycles. The van der Waals surface area contributed by atoms with Gasteiger partial charge in [-0.15, -0.1) is 0 Å². The van der Waals surface area contributed by atoms with Crippen molar-refractivity contribution >= 4 is 28.3 Å². The van der Waals surface area contributed by atoms with Crippen molar-refractivity contribution in [2.75, 3.05) is 18.1 Å². The van der Waals surface area contributed by atoms with E-state index in [1.165, 1.54) is 12.8 Å². The van der Waals surface area contributed by atoms with Gasteiger partial charge >= 0.3 is 5.97 Å². The van der Waals surface area contributed by atoms with Crippen molar-refractivity contribution < 1.29 is 23.8 Å². The monoisotopic (exact) mass is 503 g/mol. The van der Waals surface area contributed by atoms with E-state index in [1.807, 2.05) is 62.4 Å². The maximum absolute atomic E-state index is 13.9. The highest BCUT2D eigenvalue weighted by molar-refractivity contribution is 6.16. The number of rotatable bonds is 12. The van der Waals surface area contributed by atoms with E-state index in [-0.39, 0.29) is 24.4 Å². The Morgan fingerprint density at radius 3 is 2.30 bits per heavy atom. The maximum Gasteiger partial charge on any atom is 0.310 e. The molecular formula is C31H37NO5. The van der Waals surface area contributed by atoms with Gasteiger partial charge in [-0.05, 0) is 44.9 Å². The van der Waals surface area contributed by atoms with Gasteiger partial charge in [0.15, 0.2) is 0 Å². The summed E-state index contributed by atoms with van der Waals surface area (Å²) in [5.74, 6) is 1.02. The third kappa shape index (κ3) is 5.90. The Balaban J connectivity index is 1.71. The van der Waals surface area contributed by atoms with E-state index in [0.29, 0.717) is 31.1 Å². The van der Waals surface area contributed by atoms with E-state index in [9.17, 15) is 9.59 Å². The summed E-state index contributed by atoms with van der Waals surface area (Å²) in [5.41, 5.74) is 3.05. The normalized spacial score (nSPS) is 12.8. The molecule has 0 spiro atoms. The Labute approximate surface area is 219 Å². The smallest absolute Gasteiger partial charge is 0.310 e. The van der Waals surface area contributed by atoms with Gasteiger partial charge in [0.2, 0.25) is 0 Å². The fourth-order valence-electron chi connectivity index (χ4n) is 4.78. The van der Waals surface area contributed by atoms with Crippen LogP contribution in [0.1, 0.15) is 74.9 Å². The lowest BCUT2D eigenvalue weighted by Crippen LogP contribution is -2.23. The summed E-state index contributed by atoms with van der Waals surface area (Å²) in [6.07, 6.45) is 4.56. The first kappa shape index (κ1) is 26.5. The minimum Gasteiger partial charge on any atom is -0.493 e. The van der Waals surface area contributed by atoms with E-state index in [1.54, 1.807) is 11.8 Å². The molecular weight excluding hydrogens is 466 g/mol. The van der Waals surface area contributed by atoms with E-state index in [4.69, 9.17) is 14.2 Å². The molecule has 0 saturated carbocycles. The molecule has 3 aromatic rings. The van der Waals surface area contributed by atoms with Gasteiger partial charge in [-0.1, -0.05) is 62.6 Å². The predicted molar refractivity (Wildman–Crippen MR) is 147 cm³/mol. The molecule has 6 heteroatoms. The van der Waals surface area contributed by atoms with Crippen molar-refractivity contribution in [3.8, 4) is 11.5 Å². The molecule has 0 aromatic heterocycles. The Kier molecular flexibility index (Phi) is 8.70. The van der Waals surface area contributed by atoms with Crippen LogP contribution >= 0.6 is 0 Å². The van der Waals surface area contributed by atoms with E-state index in [0.717, 1.165) is 46.2 Å². The van der Waals surface area contributed by atoms with Crippen LogP contribution in [0, 0.1) is 0 Å². The topological polar surface area (TPSA) is 65.1 Å². The van der Waals surface area contributed by atoms with Crippen molar-refractivity contribution in [3.63, 3.8) is 0 Å². The van der Waals surface area contributed by atoms with Crippen molar-refractivity contribution in [1.29, 1.82) is 0 Å². The molecule has 0 saturated heterocycles. The number of amides is 1. The molecule has 0 bridgehead atoms. The van der Waals surface area contributed by atoms with Crippen molar-refractivity contribution in [2.24, 2.45) is 0 Å². The number of hydrogen-bond donors (Lipinski definition) is 0. The van der Waals surface area contributed by atoms with Gasteiger partial charge in [0.25, 0.3) is 5.91 Å². The van der Waals surface area contributed by atoms with Gasteiger partial charge in [0, 0.05) is 22.0 Å². The first-order chi connectivity index (χ1) is 17.9. The summed E-state index contributed by atoms with van der Waals surface area (Å²) < 4.78 is 17.7. The number of nitrogens with zero attached hydrogens (tertiary/aromatic N) is 1. The molecule has 1 aliphatic rings. The van der Waals surface area contributed by atoms with Gasteiger partial charge in [0.1, 0.15) is 11.5 Å². The molecule has 1 amide bonds. The van der Waals surface area contributed by atoms with Crippen LogP contribution in [-0.4, -0.2) is 31.2 Å². The number of hydrogen-bond acceptors (Lipinski definition) is 5. The van der Waals surface area contributed by atoms with Gasteiger partial charge in [-0.2, -0.15) is 0 Å². The number of benzene rings is 3. The second kappa shape index (κ2) is 12.1. The summed E-state index contributed by atoms with van der Waals surface area (Å²) in [6, 6.07) is 15.5. The maximum atomic E-state index is 13.9. The standard InChI is InChI=1S/C31H37NO5/c1-5-7-8-11-18-36-29-24-12-9-10-13-25(24)30(37-21(3)4)28-26(29)20-32(31(28)34)23-16-14-22(15-17-23)19-27(33)35-6-2/h9-10,12-17,21H,5-8,11,18-20H2,1-4H3. The highest BCUT2D eigenvalue weighted by atomic mass is 16.5. The largest absolute Gasteiger partial charge is 0.493 e. The van der Waals surface area contributed by atoms with Crippen LogP contribution in [0.5, 0.6) is 11.5 Å². The van der Waals surface area contributed by atoms with Crippen LogP contribution in [-0.2, 0) is 22.5 Å². The summed E-state index contributed by atoms with van der Waals surface area (Å²) in [7, 11) is 0. The molecule has 4 rings (SSSR count). The fourth-order valence-corrected chi connectivity index (χ4v) is 4.78. The van der Waals surface area contributed by atoms with Crippen LogP contribution in [0.3, 0.4) is 0 Å². The van der Waals surface area contributed by atoms with Crippen LogP contribution in [0.2, 0.25) is 0 Å². The highest BCUT2D eigenvalue weighted by Gasteiger charge is 2.37. The summed E-state index contributed by atoms with van der Waals surface area (Å²) in [4.78, 5) is 27.5. The lowest BCUT2D eigenvalue weighted by Gasteiger charge is -2.19. The van der Waals surface area contributed by atoms with Gasteiger partial charge in [0.05, 0.1) is 37.8 Å². The number of anilines is 1. The van der Waals surface area contributed by atoms with Crippen molar-refractivity contribution in [3.05, 3.63) is 65.2 Å². The van der Waals surface area contributed by atoms with Gasteiger partial charge in [-0.3, -0.25) is 9.59 Å². The third-order valence-electron chi connectivity index (χ3n) is 6.49. The fraction of sp³-hybridized carbons (Fsp3) is 0.419. The second-order valence-electron chi connectivity index (χ2n) is 9.67. The van der Waals surface area contributed by atoms with Crippen LogP contribution in [0.15, 0.2) is 48.5 Å². The SMILES string of the molecule is CCCCCCOc1c2c(c(OC(C)C)c3ccccc13)C(=O)N(c1ccc(CC(=O)OCC)cc1)C2. The minimum absolute atomic E-state index is 0.0858. The molecule has 6 nitrogen and oxygen atoms in total. The van der Waals surface area contributed by atoms with Crippen molar-refractivity contribution in [2.45, 2.75) is 72.4 Å². The van der Waals surface area contributed by atoms with E-state index >= 15 is 0 Å². The van der Waals surface area contributed by atoms with E-state index in [2.05, 4.69) is 6.92 Å². The summed E-state index contributed by atoms with van der Waals surface area (Å²) >= 11 is 0. The number of unbranched alkanes of at least 4 members (excludes halogenated alkanes) is 3. The molecule has 37 heavy (non-hydrogen) atoms. The first-order valence-corrected chi connectivity index (χ1v) is 13.4. The Hall–Kier alpha value is -3.54. The zero-order valence-electron chi connectivity index (χ0n) is 22.3. The number of carbonyl (C=O) groups excluding carboxylic acids is 2. The van der Waals surface area contributed by atoms with Crippen molar-refractivity contribution in [1.82, 2.24) is 0 Å². The number of ether oxygens (including phenoxy) is 3. The average molecular weight is 504 g/mol. The molecule has 196 valence electrons. The lowest BCUT2D eigenvalue weighted by atomic mass is 9.99. The predicted octanol–water partition coefficient (Wildman–Crippen LogP) is 6.85. The Bertz CT molecular complexity index is 1250. The van der Waals surface area contributed by atoms with E-state index < -0.39 is 0 Å². The molecule has 3 aromatic carbocycles.